The number of aliphatic imine (C=N–C) groups is 1. The molecule has 8 heteroatoms. The molecule has 3 rings (SSSR count). The molecule has 1 aromatic carbocycles. The molecule has 0 spiro atoms. The van der Waals surface area contributed by atoms with Crippen molar-refractivity contribution in [2.75, 3.05) is 27.7 Å². The van der Waals surface area contributed by atoms with Crippen LogP contribution in [0.3, 0.4) is 0 Å². The monoisotopic (exact) mass is 558 g/mol. The maximum Gasteiger partial charge on any atom is 0.241 e. The topological polar surface area (TPSA) is 75.2 Å². The standard InChI is InChI=1S/C24H38N4O3.HI/c1-28(2)22(29)17-26-24(27-19-11-5-4-6-12-19)25-16-18-10-9-15-21(30-3)23(18)31-20-13-7-8-14-20;/h9-10,15,19-20H,4-8,11-14,16-17H2,1-3H3,(H2,25,26,27);1H. The van der Waals surface area contributed by atoms with Crippen molar-refractivity contribution in [1.29, 1.82) is 0 Å². The van der Waals surface area contributed by atoms with Crippen molar-refractivity contribution in [2.45, 2.75) is 76.5 Å². The number of nitrogens with one attached hydrogen (secondary N) is 2. The van der Waals surface area contributed by atoms with Gasteiger partial charge in [-0.05, 0) is 44.6 Å². The van der Waals surface area contributed by atoms with Crippen molar-refractivity contribution < 1.29 is 14.3 Å². The lowest BCUT2D eigenvalue weighted by molar-refractivity contribution is -0.127. The SMILES string of the molecule is COc1cccc(CN=C(NCC(=O)N(C)C)NC2CCCCC2)c1OC1CCCC1.I. The molecule has 0 atom stereocenters. The van der Waals surface area contributed by atoms with Crippen LogP contribution < -0.4 is 20.1 Å². The van der Waals surface area contributed by atoms with Gasteiger partial charge in [-0.25, -0.2) is 4.99 Å². The van der Waals surface area contributed by atoms with Crippen LogP contribution in [0.5, 0.6) is 11.5 Å². The third-order valence-corrected chi connectivity index (χ3v) is 6.13. The number of carbonyl (C=O) groups is 1. The summed E-state index contributed by atoms with van der Waals surface area (Å²) >= 11 is 0. The molecule has 1 amide bonds. The number of guanidine groups is 1. The van der Waals surface area contributed by atoms with Gasteiger partial charge < -0.3 is 25.0 Å². The van der Waals surface area contributed by atoms with Crippen LogP contribution in [-0.4, -0.2) is 56.7 Å². The summed E-state index contributed by atoms with van der Waals surface area (Å²) in [6.45, 7) is 0.673. The Hall–Kier alpha value is -1.71. The highest BCUT2D eigenvalue weighted by atomic mass is 127. The van der Waals surface area contributed by atoms with Crippen molar-refractivity contribution in [2.24, 2.45) is 4.99 Å². The van der Waals surface area contributed by atoms with Gasteiger partial charge in [0.2, 0.25) is 5.91 Å². The molecule has 2 aliphatic carbocycles. The Morgan fingerprint density at radius 1 is 1.09 bits per heavy atom. The van der Waals surface area contributed by atoms with Gasteiger partial charge in [0.1, 0.15) is 0 Å². The molecule has 1 aromatic rings. The van der Waals surface area contributed by atoms with Gasteiger partial charge in [-0.1, -0.05) is 31.4 Å². The van der Waals surface area contributed by atoms with Crippen LogP contribution >= 0.6 is 24.0 Å². The Labute approximate surface area is 209 Å². The van der Waals surface area contributed by atoms with Crippen molar-refractivity contribution in [3.63, 3.8) is 0 Å². The first-order valence-electron chi connectivity index (χ1n) is 11.6. The van der Waals surface area contributed by atoms with Crippen LogP contribution in [0.1, 0.15) is 63.4 Å². The predicted octanol–water partition coefficient (Wildman–Crippen LogP) is 4.09. The smallest absolute Gasteiger partial charge is 0.241 e. The number of rotatable bonds is 8. The first kappa shape index (κ1) is 26.5. The highest BCUT2D eigenvalue weighted by Gasteiger charge is 2.21. The zero-order valence-corrected chi connectivity index (χ0v) is 22.0. The number of hydrogen-bond acceptors (Lipinski definition) is 4. The number of benzene rings is 1. The summed E-state index contributed by atoms with van der Waals surface area (Å²) in [6, 6.07) is 6.35. The van der Waals surface area contributed by atoms with Gasteiger partial charge in [0.15, 0.2) is 17.5 Å². The van der Waals surface area contributed by atoms with Crippen molar-refractivity contribution in [3.8, 4) is 11.5 Å². The third-order valence-electron chi connectivity index (χ3n) is 6.13. The fourth-order valence-corrected chi connectivity index (χ4v) is 4.23. The Morgan fingerprint density at radius 2 is 1.78 bits per heavy atom. The van der Waals surface area contributed by atoms with Gasteiger partial charge in [0.05, 0.1) is 26.3 Å². The number of carbonyl (C=O) groups excluding carboxylic acids is 1. The minimum Gasteiger partial charge on any atom is -0.493 e. The van der Waals surface area contributed by atoms with E-state index < -0.39 is 0 Å². The van der Waals surface area contributed by atoms with Gasteiger partial charge in [0, 0.05) is 25.7 Å². The number of halogens is 1. The lowest BCUT2D eigenvalue weighted by atomic mass is 9.96. The van der Waals surface area contributed by atoms with Gasteiger partial charge in [-0.15, -0.1) is 24.0 Å². The Balaban J connectivity index is 0.00000363. The molecule has 0 saturated heterocycles. The molecule has 0 aliphatic heterocycles. The van der Waals surface area contributed by atoms with Gasteiger partial charge in [-0.2, -0.15) is 0 Å². The van der Waals surface area contributed by atoms with Gasteiger partial charge in [0.25, 0.3) is 0 Å². The molecule has 0 radical (unpaired) electrons. The number of ether oxygens (including phenoxy) is 2. The summed E-state index contributed by atoms with van der Waals surface area (Å²) in [7, 11) is 5.20. The van der Waals surface area contributed by atoms with E-state index in [4.69, 9.17) is 14.5 Å². The third kappa shape index (κ3) is 8.01. The normalized spacial score (nSPS) is 17.4. The zero-order chi connectivity index (χ0) is 22.1. The van der Waals surface area contributed by atoms with E-state index in [0.717, 1.165) is 42.7 Å². The molecule has 2 fully saturated rings. The minimum atomic E-state index is 0. The van der Waals surface area contributed by atoms with E-state index in [2.05, 4.69) is 10.6 Å². The maximum absolute atomic E-state index is 12.1. The van der Waals surface area contributed by atoms with E-state index >= 15 is 0 Å². The Bertz CT molecular complexity index is 745. The Kier molecular flexibility index (Phi) is 11.4. The van der Waals surface area contributed by atoms with E-state index in [-0.39, 0.29) is 42.5 Å². The number of para-hydroxylation sites is 1. The molecule has 180 valence electrons. The molecule has 0 unspecified atom stereocenters. The first-order chi connectivity index (χ1) is 15.1. The minimum absolute atomic E-state index is 0. The molecule has 2 aliphatic rings. The van der Waals surface area contributed by atoms with Crippen molar-refractivity contribution in [1.82, 2.24) is 15.5 Å². The van der Waals surface area contributed by atoms with Crippen LogP contribution in [-0.2, 0) is 11.3 Å². The second-order valence-electron chi connectivity index (χ2n) is 8.76. The van der Waals surface area contributed by atoms with E-state index in [9.17, 15) is 4.79 Å². The fraction of sp³-hybridized carbons (Fsp3) is 0.667. The summed E-state index contributed by atoms with van der Waals surface area (Å²) in [6.07, 6.45) is 10.9. The summed E-state index contributed by atoms with van der Waals surface area (Å²) in [5, 5.41) is 6.75. The second kappa shape index (κ2) is 13.7. The number of hydrogen-bond donors (Lipinski definition) is 2. The van der Waals surface area contributed by atoms with E-state index in [1.807, 2.05) is 18.2 Å². The van der Waals surface area contributed by atoms with E-state index in [1.54, 1.807) is 26.1 Å². The quantitative estimate of drug-likeness (QED) is 0.286. The predicted molar refractivity (Wildman–Crippen MR) is 139 cm³/mol. The summed E-state index contributed by atoms with van der Waals surface area (Å²) in [5.74, 6) is 2.24. The molecule has 7 nitrogen and oxygen atoms in total. The van der Waals surface area contributed by atoms with Crippen LogP contribution in [0.15, 0.2) is 23.2 Å². The molecular weight excluding hydrogens is 519 g/mol. The average Bonchev–Trinajstić information content (AvgIpc) is 3.29. The molecule has 2 N–H and O–H groups in total. The molecule has 32 heavy (non-hydrogen) atoms. The molecule has 0 aromatic heterocycles. The highest BCUT2D eigenvalue weighted by molar-refractivity contribution is 14.0. The largest absolute Gasteiger partial charge is 0.493 e. The van der Waals surface area contributed by atoms with Gasteiger partial charge >= 0.3 is 0 Å². The van der Waals surface area contributed by atoms with Crippen LogP contribution in [0, 0.1) is 0 Å². The average molecular weight is 559 g/mol. The summed E-state index contributed by atoms with van der Waals surface area (Å²) in [5.41, 5.74) is 0.995. The number of amides is 1. The van der Waals surface area contributed by atoms with Crippen LogP contribution in [0.25, 0.3) is 0 Å². The highest BCUT2D eigenvalue weighted by Crippen LogP contribution is 2.35. The zero-order valence-electron chi connectivity index (χ0n) is 19.7. The second-order valence-corrected chi connectivity index (χ2v) is 8.76. The number of methoxy groups -OCH3 is 1. The van der Waals surface area contributed by atoms with Crippen LogP contribution in [0.4, 0.5) is 0 Å². The molecule has 0 heterocycles. The Morgan fingerprint density at radius 3 is 2.44 bits per heavy atom. The lowest BCUT2D eigenvalue weighted by Gasteiger charge is -2.25. The van der Waals surface area contributed by atoms with E-state index in [0.29, 0.717) is 18.5 Å². The summed E-state index contributed by atoms with van der Waals surface area (Å²) < 4.78 is 11.9. The lowest BCUT2D eigenvalue weighted by Crippen LogP contribution is -2.47. The van der Waals surface area contributed by atoms with E-state index in [1.165, 1.54) is 32.1 Å². The van der Waals surface area contributed by atoms with Crippen LogP contribution in [0.2, 0.25) is 0 Å². The fourth-order valence-electron chi connectivity index (χ4n) is 4.23. The van der Waals surface area contributed by atoms with Gasteiger partial charge in [-0.3, -0.25) is 4.79 Å². The molecule has 0 bridgehead atoms. The first-order valence-corrected chi connectivity index (χ1v) is 11.6. The summed E-state index contributed by atoms with van der Waals surface area (Å²) in [4.78, 5) is 18.5. The number of nitrogens with zero attached hydrogens (tertiary/aromatic N) is 2. The number of likely N-dealkylation sites (N-methyl/N-ethyl adjacent to an activating group) is 1. The molecular formula is C24H39IN4O3. The maximum atomic E-state index is 12.1. The van der Waals surface area contributed by atoms with Crippen molar-refractivity contribution >= 4 is 35.8 Å². The molecule has 2 saturated carbocycles. The van der Waals surface area contributed by atoms with Crippen molar-refractivity contribution in [3.05, 3.63) is 23.8 Å².